The maximum absolute atomic E-state index is 12.5. The molecule has 1 heterocycles. The maximum Gasteiger partial charge on any atom is 0.437 e. The number of cyclic esters (lactones) is 1. The first kappa shape index (κ1) is 25.1. The Hall–Kier alpha value is -3.16. The number of carbonyl (C=O) groups is 3. The molecule has 0 aromatic heterocycles. The van der Waals surface area contributed by atoms with E-state index in [4.69, 9.17) is 9.47 Å². The zero-order valence-corrected chi connectivity index (χ0v) is 18.9. The molecule has 2 amide bonds. The molecular formula is C24H33N3O5. The fourth-order valence-corrected chi connectivity index (χ4v) is 3.15. The van der Waals surface area contributed by atoms with Crippen molar-refractivity contribution < 1.29 is 23.9 Å². The van der Waals surface area contributed by atoms with Gasteiger partial charge < -0.3 is 14.4 Å². The molecule has 0 spiro atoms. The molecule has 1 aliphatic heterocycles. The molecule has 0 fully saturated rings. The van der Waals surface area contributed by atoms with Crippen LogP contribution in [0.3, 0.4) is 0 Å². The fourth-order valence-electron chi connectivity index (χ4n) is 3.15. The fraction of sp³-hybridized carbons (Fsp3) is 0.500. The molecule has 0 saturated heterocycles. The largest absolute Gasteiger partial charge is 0.461 e. The number of unbranched alkanes of at least 4 members (excludes halogenated alkanes) is 2. The molecule has 0 bridgehead atoms. The third-order valence-corrected chi connectivity index (χ3v) is 4.91. The predicted octanol–water partition coefficient (Wildman–Crippen LogP) is 3.96. The number of aliphatic imine (C=N–C) groups is 1. The third kappa shape index (κ3) is 9.76. The summed E-state index contributed by atoms with van der Waals surface area (Å²) >= 11 is 0. The van der Waals surface area contributed by atoms with E-state index in [1.165, 1.54) is 4.90 Å². The summed E-state index contributed by atoms with van der Waals surface area (Å²) in [5.41, 5.74) is 0.817. The van der Waals surface area contributed by atoms with Crippen molar-refractivity contribution in [2.45, 2.75) is 64.6 Å². The summed E-state index contributed by atoms with van der Waals surface area (Å²) in [6.45, 7) is 2.03. The van der Waals surface area contributed by atoms with Gasteiger partial charge in [0.05, 0.1) is 0 Å². The minimum absolute atomic E-state index is 0.0456. The first-order valence-corrected chi connectivity index (χ1v) is 11.1. The van der Waals surface area contributed by atoms with Crippen molar-refractivity contribution in [1.29, 1.82) is 0 Å². The molecular weight excluding hydrogens is 410 g/mol. The molecule has 174 valence electrons. The summed E-state index contributed by atoms with van der Waals surface area (Å²) in [5.74, 6) is -0.791. The first-order valence-electron chi connectivity index (χ1n) is 11.1. The van der Waals surface area contributed by atoms with E-state index in [2.05, 4.69) is 17.2 Å². The highest BCUT2D eigenvalue weighted by atomic mass is 16.5. The molecule has 1 N–H and O–H groups in total. The van der Waals surface area contributed by atoms with Crippen LogP contribution in [0.5, 0.6) is 0 Å². The highest BCUT2D eigenvalue weighted by molar-refractivity contribution is 6.01. The highest BCUT2D eigenvalue weighted by Gasteiger charge is 2.20. The van der Waals surface area contributed by atoms with Gasteiger partial charge in [0.25, 0.3) is 0 Å². The Balaban J connectivity index is 2.06. The Morgan fingerprint density at radius 2 is 2.00 bits per heavy atom. The van der Waals surface area contributed by atoms with Crippen LogP contribution in [-0.2, 0) is 25.7 Å². The van der Waals surface area contributed by atoms with Gasteiger partial charge in [-0.15, -0.1) is 4.99 Å². The lowest BCUT2D eigenvalue weighted by Crippen LogP contribution is -2.45. The molecule has 1 aliphatic rings. The van der Waals surface area contributed by atoms with Gasteiger partial charge >= 0.3 is 12.1 Å². The quantitative estimate of drug-likeness (QED) is 0.406. The third-order valence-electron chi connectivity index (χ3n) is 4.91. The van der Waals surface area contributed by atoms with Gasteiger partial charge in [-0.05, 0) is 24.8 Å². The summed E-state index contributed by atoms with van der Waals surface area (Å²) in [6.07, 6.45) is 8.13. The molecule has 0 saturated carbocycles. The van der Waals surface area contributed by atoms with Crippen LogP contribution >= 0.6 is 0 Å². The normalized spacial score (nSPS) is 20.4. The minimum Gasteiger partial charge on any atom is -0.461 e. The number of benzene rings is 1. The summed E-state index contributed by atoms with van der Waals surface area (Å²) in [5, 5.41) is 2.60. The van der Waals surface area contributed by atoms with Gasteiger partial charge in [0.2, 0.25) is 11.9 Å². The Kier molecular flexibility index (Phi) is 11.0. The second kappa shape index (κ2) is 14.0. The number of allylic oxidation sites excluding steroid dienone is 1. The number of carbonyl (C=O) groups excluding carboxylic acids is 3. The van der Waals surface area contributed by atoms with Crippen LogP contribution < -0.4 is 5.32 Å². The Bertz CT molecular complexity index is 807. The highest BCUT2D eigenvalue weighted by Crippen LogP contribution is 2.13. The number of guanidine groups is 1. The van der Waals surface area contributed by atoms with Crippen molar-refractivity contribution in [1.82, 2.24) is 10.2 Å². The Morgan fingerprint density at radius 1 is 1.22 bits per heavy atom. The number of amides is 2. The van der Waals surface area contributed by atoms with Crippen LogP contribution in [0, 0.1) is 0 Å². The molecule has 8 heteroatoms. The zero-order valence-electron chi connectivity index (χ0n) is 18.9. The Labute approximate surface area is 189 Å². The number of nitrogens with one attached hydrogen (secondary N) is 1. The van der Waals surface area contributed by atoms with Crippen molar-refractivity contribution in [3.63, 3.8) is 0 Å². The molecule has 0 aliphatic carbocycles. The van der Waals surface area contributed by atoms with Crippen LogP contribution in [-0.4, -0.2) is 48.5 Å². The predicted molar refractivity (Wildman–Crippen MR) is 122 cm³/mol. The van der Waals surface area contributed by atoms with E-state index < -0.39 is 12.1 Å². The smallest absolute Gasteiger partial charge is 0.437 e. The molecule has 1 aromatic rings. The average molecular weight is 444 g/mol. The lowest BCUT2D eigenvalue weighted by atomic mass is 10.1. The minimum atomic E-state index is -0.856. The summed E-state index contributed by atoms with van der Waals surface area (Å²) in [6, 6.07) is 9.20. The van der Waals surface area contributed by atoms with Gasteiger partial charge in [-0.1, -0.05) is 62.2 Å². The van der Waals surface area contributed by atoms with Gasteiger partial charge in [0.15, 0.2) is 0 Å². The molecule has 1 unspecified atom stereocenters. The maximum atomic E-state index is 12.5. The van der Waals surface area contributed by atoms with Crippen molar-refractivity contribution in [2.75, 3.05) is 13.6 Å². The average Bonchev–Trinajstić information content (AvgIpc) is 2.78. The van der Waals surface area contributed by atoms with E-state index in [1.807, 2.05) is 42.5 Å². The molecule has 8 nitrogen and oxygen atoms in total. The monoisotopic (exact) mass is 443 g/mol. The second-order valence-corrected chi connectivity index (χ2v) is 7.73. The molecule has 1 aromatic carbocycles. The second-order valence-electron chi connectivity index (χ2n) is 7.73. The number of ether oxygens (including phenoxy) is 2. The SMILES string of the molecule is CCCCCC1C/C=C/CCC(=O)N/C(=N/C(=O)OCc2ccccc2)N(C)CC(=O)O1. The lowest BCUT2D eigenvalue weighted by Gasteiger charge is -2.22. The number of hydrogen-bond acceptors (Lipinski definition) is 5. The van der Waals surface area contributed by atoms with E-state index in [0.29, 0.717) is 12.8 Å². The van der Waals surface area contributed by atoms with Crippen molar-refractivity contribution in [3.8, 4) is 0 Å². The van der Waals surface area contributed by atoms with Crippen molar-refractivity contribution >= 4 is 23.9 Å². The number of hydrogen-bond donors (Lipinski definition) is 1. The first-order chi connectivity index (χ1) is 15.5. The number of rotatable bonds is 6. The van der Waals surface area contributed by atoms with Crippen molar-refractivity contribution in [3.05, 3.63) is 48.0 Å². The van der Waals surface area contributed by atoms with Crippen LogP contribution in [0.25, 0.3) is 0 Å². The van der Waals surface area contributed by atoms with Crippen molar-refractivity contribution in [2.24, 2.45) is 4.99 Å². The van der Waals surface area contributed by atoms with E-state index in [-0.39, 0.29) is 37.5 Å². The van der Waals surface area contributed by atoms with E-state index >= 15 is 0 Å². The zero-order chi connectivity index (χ0) is 23.2. The van der Waals surface area contributed by atoms with Gasteiger partial charge in [-0.3, -0.25) is 14.9 Å². The van der Waals surface area contributed by atoms with E-state index in [1.54, 1.807) is 7.05 Å². The summed E-state index contributed by atoms with van der Waals surface area (Å²) in [7, 11) is 1.56. The van der Waals surface area contributed by atoms with Crippen LogP contribution in [0.15, 0.2) is 47.5 Å². The molecule has 1 atom stereocenters. The van der Waals surface area contributed by atoms with Gasteiger partial charge in [0.1, 0.15) is 19.3 Å². The van der Waals surface area contributed by atoms with Gasteiger partial charge in [-0.25, -0.2) is 4.79 Å². The number of nitrogens with zero attached hydrogens (tertiary/aromatic N) is 2. The number of likely N-dealkylation sites (N-methyl/N-ethyl adjacent to an activating group) is 1. The topological polar surface area (TPSA) is 97.3 Å². The van der Waals surface area contributed by atoms with Crippen LogP contribution in [0.2, 0.25) is 0 Å². The van der Waals surface area contributed by atoms with E-state index in [9.17, 15) is 14.4 Å². The van der Waals surface area contributed by atoms with Crippen LogP contribution in [0.1, 0.15) is 57.4 Å². The standard InChI is InChI=1S/C24H33N3O5/c1-3-4-7-14-20-15-10-6-11-16-21(28)25-23(27(2)17-22(29)32-20)26-24(30)31-18-19-12-8-5-9-13-19/h5-6,8-10,12-13,20H,3-4,7,11,14-18H2,1-2H3,(H,25,26,28,30)/b10-6+. The van der Waals surface area contributed by atoms with Gasteiger partial charge in [0, 0.05) is 19.9 Å². The van der Waals surface area contributed by atoms with Crippen LogP contribution in [0.4, 0.5) is 4.79 Å². The molecule has 0 radical (unpaired) electrons. The summed E-state index contributed by atoms with van der Waals surface area (Å²) in [4.78, 5) is 42.3. The lowest BCUT2D eigenvalue weighted by molar-refractivity contribution is -0.149. The van der Waals surface area contributed by atoms with Gasteiger partial charge in [-0.2, -0.15) is 0 Å². The Morgan fingerprint density at radius 3 is 2.75 bits per heavy atom. The number of esters is 1. The molecule has 32 heavy (non-hydrogen) atoms. The summed E-state index contributed by atoms with van der Waals surface area (Å²) < 4.78 is 10.8. The van der Waals surface area contributed by atoms with E-state index in [0.717, 1.165) is 31.2 Å². The molecule has 2 rings (SSSR count).